The number of hydrogen-bond donors (Lipinski definition) is 0. The molecule has 0 saturated carbocycles. The molecule has 1 aromatic carbocycles. The molecule has 0 spiro atoms. The lowest BCUT2D eigenvalue weighted by atomic mass is 10.1. The minimum Gasteiger partial charge on any atom is -0.496 e. The van der Waals surface area contributed by atoms with E-state index in [1.807, 2.05) is 32.0 Å². The average molecular weight is 380 g/mol. The zero-order valence-corrected chi connectivity index (χ0v) is 17.0. The van der Waals surface area contributed by atoms with Crippen molar-refractivity contribution in [3.63, 3.8) is 0 Å². The lowest BCUT2D eigenvalue weighted by Crippen LogP contribution is -1.94. The van der Waals surface area contributed by atoms with E-state index in [4.69, 9.17) is 9.15 Å². The molecule has 0 aliphatic rings. The molecular weight excluding hydrogens is 352 g/mol. The van der Waals surface area contributed by atoms with Crippen molar-refractivity contribution in [2.75, 3.05) is 7.11 Å². The van der Waals surface area contributed by atoms with Gasteiger partial charge in [0.2, 0.25) is 0 Å². The number of carbonyl (C=O) groups excluding carboxylic acids is 1. The number of ether oxygens (including phenoxy) is 1. The first kappa shape index (κ1) is 20.1. The predicted octanol–water partition coefficient (Wildman–Crippen LogP) is 5.68. The monoisotopic (exact) mass is 380 g/mol. The van der Waals surface area contributed by atoms with Crippen LogP contribution in [0, 0.1) is 6.92 Å². The van der Waals surface area contributed by atoms with Gasteiger partial charge < -0.3 is 9.15 Å². The van der Waals surface area contributed by atoms with Crippen LogP contribution < -0.4 is 4.74 Å². The van der Waals surface area contributed by atoms with Crippen molar-refractivity contribution in [2.24, 2.45) is 0 Å². The fourth-order valence-electron chi connectivity index (χ4n) is 3.29. The molecule has 28 heavy (non-hydrogen) atoms. The van der Waals surface area contributed by atoms with Gasteiger partial charge in [-0.25, -0.2) is 4.98 Å². The van der Waals surface area contributed by atoms with E-state index >= 15 is 0 Å². The number of rotatable bonds is 10. The van der Waals surface area contributed by atoms with Crippen LogP contribution in [-0.2, 0) is 11.2 Å². The summed E-state index contributed by atoms with van der Waals surface area (Å²) >= 11 is 0. The second-order valence-corrected chi connectivity index (χ2v) is 7.12. The Hall–Kier alpha value is -2.69. The van der Waals surface area contributed by atoms with E-state index in [1.54, 1.807) is 13.3 Å². The van der Waals surface area contributed by atoms with Crippen molar-refractivity contribution >= 4 is 16.7 Å². The summed E-state index contributed by atoms with van der Waals surface area (Å²) in [6, 6.07) is 8.03. The van der Waals surface area contributed by atoms with Crippen LogP contribution in [0.3, 0.4) is 0 Å². The standard InChI is InChI=1S/C23H28N2O3/c1-4-18(26)9-7-5-6-8-10-23-24-15-22(28-23)19-13-17-12-11-16(2)25-20(17)14-21(19)27-3/h11-15H,4-10H2,1-3H3. The summed E-state index contributed by atoms with van der Waals surface area (Å²) in [4.78, 5) is 20.3. The fourth-order valence-corrected chi connectivity index (χ4v) is 3.29. The Balaban J connectivity index is 1.63. The van der Waals surface area contributed by atoms with E-state index in [1.165, 1.54) is 0 Å². The second-order valence-electron chi connectivity index (χ2n) is 7.12. The molecule has 2 aromatic heterocycles. The normalized spacial score (nSPS) is 11.1. The highest BCUT2D eigenvalue weighted by Crippen LogP contribution is 2.34. The number of hydrogen-bond acceptors (Lipinski definition) is 5. The molecule has 0 bridgehead atoms. The Kier molecular flexibility index (Phi) is 6.80. The Labute approximate surface area is 166 Å². The van der Waals surface area contributed by atoms with Gasteiger partial charge in [-0.3, -0.25) is 9.78 Å². The molecule has 0 atom stereocenters. The topological polar surface area (TPSA) is 65.2 Å². The van der Waals surface area contributed by atoms with Gasteiger partial charge in [-0.1, -0.05) is 25.8 Å². The Bertz CT molecular complexity index is 946. The Morgan fingerprint density at radius 2 is 1.96 bits per heavy atom. The van der Waals surface area contributed by atoms with Crippen molar-refractivity contribution < 1.29 is 13.9 Å². The summed E-state index contributed by atoms with van der Waals surface area (Å²) in [5.74, 6) is 2.53. The van der Waals surface area contributed by atoms with Crippen LogP contribution in [0.1, 0.15) is 57.0 Å². The lowest BCUT2D eigenvalue weighted by molar-refractivity contribution is -0.118. The number of pyridine rings is 1. The number of aromatic nitrogens is 2. The maximum atomic E-state index is 11.3. The van der Waals surface area contributed by atoms with E-state index in [-0.39, 0.29) is 0 Å². The molecular formula is C23H28N2O3. The number of fused-ring (bicyclic) bond motifs is 1. The maximum absolute atomic E-state index is 11.3. The van der Waals surface area contributed by atoms with Crippen LogP contribution in [0.2, 0.25) is 0 Å². The highest BCUT2D eigenvalue weighted by molar-refractivity contribution is 5.87. The van der Waals surface area contributed by atoms with Crippen LogP contribution in [-0.4, -0.2) is 22.9 Å². The van der Waals surface area contributed by atoms with Crippen molar-refractivity contribution in [3.05, 3.63) is 42.0 Å². The number of methoxy groups -OCH3 is 1. The Morgan fingerprint density at radius 1 is 1.14 bits per heavy atom. The summed E-state index contributed by atoms with van der Waals surface area (Å²) in [5.41, 5.74) is 2.77. The van der Waals surface area contributed by atoms with Gasteiger partial charge in [0.05, 0.1) is 24.4 Å². The smallest absolute Gasteiger partial charge is 0.194 e. The highest BCUT2D eigenvalue weighted by atomic mass is 16.5. The Morgan fingerprint density at radius 3 is 2.75 bits per heavy atom. The van der Waals surface area contributed by atoms with Crippen LogP contribution in [0.15, 0.2) is 34.9 Å². The number of nitrogens with zero attached hydrogens (tertiary/aromatic N) is 2. The van der Waals surface area contributed by atoms with Gasteiger partial charge in [-0.2, -0.15) is 0 Å². The van der Waals surface area contributed by atoms with E-state index in [2.05, 4.69) is 16.0 Å². The SMILES string of the molecule is CCC(=O)CCCCCCc1ncc(-c2cc3ccc(C)nc3cc2OC)o1. The maximum Gasteiger partial charge on any atom is 0.194 e. The minimum absolute atomic E-state index is 0.354. The van der Waals surface area contributed by atoms with Gasteiger partial charge >= 0.3 is 0 Å². The third kappa shape index (κ3) is 4.97. The van der Waals surface area contributed by atoms with Crippen molar-refractivity contribution in [3.8, 4) is 17.1 Å². The van der Waals surface area contributed by atoms with Crippen LogP contribution in [0.5, 0.6) is 5.75 Å². The predicted molar refractivity (Wildman–Crippen MR) is 111 cm³/mol. The molecule has 0 fully saturated rings. The minimum atomic E-state index is 0.354. The lowest BCUT2D eigenvalue weighted by Gasteiger charge is -2.08. The third-order valence-corrected chi connectivity index (χ3v) is 4.96. The molecule has 0 aliphatic heterocycles. The molecule has 0 amide bonds. The molecule has 0 saturated heterocycles. The van der Waals surface area contributed by atoms with Gasteiger partial charge in [-0.15, -0.1) is 0 Å². The number of benzene rings is 1. The van der Waals surface area contributed by atoms with E-state index in [0.717, 1.165) is 65.9 Å². The molecule has 3 aromatic rings. The molecule has 5 nitrogen and oxygen atoms in total. The summed E-state index contributed by atoms with van der Waals surface area (Å²) < 4.78 is 11.5. The number of oxazole rings is 1. The molecule has 2 heterocycles. The molecule has 148 valence electrons. The van der Waals surface area contributed by atoms with E-state index in [9.17, 15) is 4.79 Å². The van der Waals surface area contributed by atoms with Gasteiger partial charge in [-0.05, 0) is 31.9 Å². The summed E-state index contributed by atoms with van der Waals surface area (Å²) in [6.07, 6.45) is 8.06. The van der Waals surface area contributed by atoms with Crippen LogP contribution in [0.4, 0.5) is 0 Å². The first-order valence-corrected chi connectivity index (χ1v) is 10.0. The number of unbranched alkanes of at least 4 members (excludes halogenated alkanes) is 3. The van der Waals surface area contributed by atoms with Crippen LogP contribution in [0.25, 0.3) is 22.2 Å². The van der Waals surface area contributed by atoms with E-state index < -0.39 is 0 Å². The third-order valence-electron chi connectivity index (χ3n) is 4.96. The van der Waals surface area contributed by atoms with Gasteiger partial charge in [0.15, 0.2) is 11.7 Å². The zero-order valence-electron chi connectivity index (χ0n) is 17.0. The largest absolute Gasteiger partial charge is 0.496 e. The van der Waals surface area contributed by atoms with Gasteiger partial charge in [0.25, 0.3) is 0 Å². The average Bonchev–Trinajstić information content (AvgIpc) is 3.17. The highest BCUT2D eigenvalue weighted by Gasteiger charge is 2.14. The summed E-state index contributed by atoms with van der Waals surface area (Å²) in [5, 5.41) is 1.04. The second kappa shape index (κ2) is 9.49. The molecule has 0 N–H and O–H groups in total. The van der Waals surface area contributed by atoms with Gasteiger partial charge in [0.1, 0.15) is 11.5 Å². The fraction of sp³-hybridized carbons (Fsp3) is 0.435. The molecule has 5 heteroatoms. The van der Waals surface area contributed by atoms with E-state index in [0.29, 0.717) is 24.4 Å². The molecule has 3 rings (SSSR count). The molecule has 0 radical (unpaired) electrons. The summed E-state index contributed by atoms with van der Waals surface area (Å²) in [7, 11) is 1.65. The first-order chi connectivity index (χ1) is 13.6. The zero-order chi connectivity index (χ0) is 19.9. The number of carbonyl (C=O) groups is 1. The number of ketones is 1. The van der Waals surface area contributed by atoms with Crippen LogP contribution >= 0.6 is 0 Å². The van der Waals surface area contributed by atoms with Crippen molar-refractivity contribution in [1.82, 2.24) is 9.97 Å². The van der Waals surface area contributed by atoms with Crippen molar-refractivity contribution in [2.45, 2.75) is 58.8 Å². The number of aryl methyl sites for hydroxylation is 2. The summed E-state index contributed by atoms with van der Waals surface area (Å²) in [6.45, 7) is 3.90. The molecule has 0 unspecified atom stereocenters. The van der Waals surface area contributed by atoms with Crippen molar-refractivity contribution in [1.29, 1.82) is 0 Å². The first-order valence-electron chi connectivity index (χ1n) is 10.0. The van der Waals surface area contributed by atoms with Gasteiger partial charge in [0, 0.05) is 36.4 Å². The quantitative estimate of drug-likeness (QED) is 0.423. The number of Topliss-reactive ketones (excluding diaryl/α,β-unsaturated/α-hetero) is 1. The molecule has 0 aliphatic carbocycles.